The fourth-order valence-electron chi connectivity index (χ4n) is 0. The van der Waals surface area contributed by atoms with Crippen LogP contribution in [0.2, 0.25) is 0 Å². The summed E-state index contributed by atoms with van der Waals surface area (Å²) in [6, 6.07) is 0. The molecule has 0 atom stereocenters. The van der Waals surface area contributed by atoms with Gasteiger partial charge < -0.3 is 58.6 Å². The summed E-state index contributed by atoms with van der Waals surface area (Å²) in [7, 11) is 0. The largest absolute Gasteiger partial charge is 0.503 e. The van der Waals surface area contributed by atoms with Gasteiger partial charge >= 0.3 is 24.6 Å². The molecule has 0 unspecified atom stereocenters. The van der Waals surface area contributed by atoms with E-state index in [2.05, 4.69) is 0 Å². The molecular weight excluding hydrogens is 374 g/mol. The van der Waals surface area contributed by atoms with Crippen molar-refractivity contribution >= 4 is 24.6 Å². The minimum Gasteiger partial charge on any atom is -0.450 e. The van der Waals surface area contributed by atoms with Crippen LogP contribution in [0.15, 0.2) is 0 Å². The number of carboxylic acid groups (broad SMARTS) is 8. The average Bonchev–Trinajstić information content (AvgIpc) is 1.76. The van der Waals surface area contributed by atoms with Crippen molar-refractivity contribution in [2.45, 2.75) is 0 Å². The van der Waals surface area contributed by atoms with Crippen LogP contribution in [0.1, 0.15) is 0 Å². The van der Waals surface area contributed by atoms with Gasteiger partial charge in [-0.2, -0.15) is 0 Å². The Morgan fingerprint density at radius 2 is 0.429 bits per heavy atom. The smallest absolute Gasteiger partial charge is 0.450 e. The van der Waals surface area contributed by atoms with Crippen molar-refractivity contribution in [3.63, 3.8) is 0 Å². The van der Waals surface area contributed by atoms with Gasteiger partial charge in [0.05, 0.1) is 0 Å². The Labute approximate surface area is 153 Å². The van der Waals surface area contributed by atoms with Crippen LogP contribution in [0.5, 0.6) is 0 Å². The Balaban J connectivity index is -0.0000000121. The van der Waals surface area contributed by atoms with Gasteiger partial charge in [0.2, 0.25) is 0 Å². The van der Waals surface area contributed by atoms with Gasteiger partial charge in [0.15, 0.2) is 0 Å². The molecule has 0 amide bonds. The molecule has 17 heteroatoms. The second kappa shape index (κ2) is 51.2. The number of hydrogen-bond acceptors (Lipinski definition) is 6. The molecule has 0 aliphatic heterocycles. The number of hydrogen-bond donors (Lipinski definition) is 10. The van der Waals surface area contributed by atoms with E-state index in [1.165, 1.54) is 0 Å². The molecule has 0 aliphatic carbocycles. The second-order valence-electron chi connectivity index (χ2n) is 1.13. The van der Waals surface area contributed by atoms with Crippen molar-refractivity contribution < 1.29 is 117 Å². The van der Waals surface area contributed by atoms with Crippen molar-refractivity contribution in [2.24, 2.45) is 0 Å². The van der Waals surface area contributed by atoms with Crippen LogP contribution in [0.4, 0.5) is 19.2 Å². The molecule has 0 heterocycles. The number of rotatable bonds is 0. The van der Waals surface area contributed by atoms with Crippen molar-refractivity contribution in [3.8, 4) is 0 Å². The Morgan fingerprint density at radius 3 is 0.429 bits per heavy atom. The average molecular weight is 390 g/mol. The van der Waals surface area contributed by atoms with Gasteiger partial charge in [-0.3, -0.25) is 0 Å². The molecule has 126 valence electrons. The fourth-order valence-corrected chi connectivity index (χ4v) is 0. The predicted molar refractivity (Wildman–Crippen MR) is 56.3 cm³/mol. The SMILES string of the molecule is N.N.O.O=C(O)O.O=C(O)O.O=C(O)O.O=C(O)O.[Sc].[Sc]. The van der Waals surface area contributed by atoms with Gasteiger partial charge in [-0.05, 0) is 0 Å². The summed E-state index contributed by atoms with van der Waals surface area (Å²) < 4.78 is 0. The van der Waals surface area contributed by atoms with Gasteiger partial charge in [-0.15, -0.1) is 0 Å². The van der Waals surface area contributed by atoms with Crippen molar-refractivity contribution in [1.29, 1.82) is 0 Å². The predicted octanol–water partition coefficient (Wildman–Crippen LogP) is 0.384. The first-order chi connectivity index (χ1) is 6.93. The summed E-state index contributed by atoms with van der Waals surface area (Å²) >= 11 is 0. The van der Waals surface area contributed by atoms with E-state index in [0.717, 1.165) is 0 Å². The minimum absolute atomic E-state index is 0. The Bertz CT molecular complexity index is 172. The van der Waals surface area contributed by atoms with Crippen molar-refractivity contribution in [3.05, 3.63) is 0 Å². The van der Waals surface area contributed by atoms with E-state index >= 15 is 0 Å². The molecule has 0 bridgehead atoms. The molecular formula is C4H16N2O13Sc2. The first kappa shape index (κ1) is 60.2. The minimum atomic E-state index is -1.83. The molecule has 16 N–H and O–H groups in total. The quantitative estimate of drug-likeness (QED) is 0.267. The zero-order chi connectivity index (χ0) is 14.3. The molecule has 0 aromatic heterocycles. The van der Waals surface area contributed by atoms with Crippen LogP contribution in [-0.2, 0) is 51.7 Å². The first-order valence-corrected chi connectivity index (χ1v) is 2.61. The summed E-state index contributed by atoms with van der Waals surface area (Å²) in [5, 5.41) is 55.8. The maximum Gasteiger partial charge on any atom is 0.503 e. The second-order valence-corrected chi connectivity index (χ2v) is 1.13. The Morgan fingerprint density at radius 1 is 0.429 bits per heavy atom. The van der Waals surface area contributed by atoms with Gasteiger partial charge in [-0.25, -0.2) is 19.2 Å². The van der Waals surface area contributed by atoms with E-state index in [0.29, 0.717) is 0 Å². The fraction of sp³-hybridized carbons (Fsp3) is 0. The summed E-state index contributed by atoms with van der Waals surface area (Å²) in [4.78, 5) is 34.2. The monoisotopic (exact) mass is 390 g/mol. The van der Waals surface area contributed by atoms with E-state index in [1.54, 1.807) is 0 Å². The molecule has 2 radical (unpaired) electrons. The Kier molecular flexibility index (Phi) is 147. The molecule has 0 rings (SSSR count). The van der Waals surface area contributed by atoms with Crippen LogP contribution < -0.4 is 12.3 Å². The third kappa shape index (κ3) is 3090. The van der Waals surface area contributed by atoms with Gasteiger partial charge in [-0.1, -0.05) is 0 Å². The molecule has 0 aliphatic rings. The maximum absolute atomic E-state index is 8.56. The van der Waals surface area contributed by atoms with Gasteiger partial charge in [0.1, 0.15) is 0 Å². The van der Waals surface area contributed by atoms with E-state index in [-0.39, 0.29) is 69.5 Å². The van der Waals surface area contributed by atoms with Gasteiger partial charge in [0, 0.05) is 51.7 Å². The third-order valence-corrected chi connectivity index (χ3v) is 0. The zero-order valence-corrected chi connectivity index (χ0v) is 13.9. The normalized spacial score (nSPS) is 4.57. The van der Waals surface area contributed by atoms with Gasteiger partial charge in [0.25, 0.3) is 0 Å². The molecule has 0 saturated carbocycles. The molecule has 0 aromatic rings. The molecule has 0 fully saturated rings. The zero-order valence-electron chi connectivity index (χ0n) is 10.3. The molecule has 0 spiro atoms. The van der Waals surface area contributed by atoms with Crippen LogP contribution in [0.25, 0.3) is 0 Å². The topological polar surface area (TPSA) is 332 Å². The summed E-state index contributed by atoms with van der Waals surface area (Å²) in [6.45, 7) is 0. The first-order valence-electron chi connectivity index (χ1n) is 2.61. The van der Waals surface area contributed by atoms with Crippen molar-refractivity contribution in [2.75, 3.05) is 0 Å². The maximum atomic E-state index is 8.56. The summed E-state index contributed by atoms with van der Waals surface area (Å²) in [5.41, 5.74) is 0. The summed E-state index contributed by atoms with van der Waals surface area (Å²) in [6.07, 6.45) is -7.33. The molecule has 0 saturated heterocycles. The van der Waals surface area contributed by atoms with Crippen LogP contribution in [0.3, 0.4) is 0 Å². The van der Waals surface area contributed by atoms with E-state index in [4.69, 9.17) is 60.0 Å². The molecule has 0 aromatic carbocycles. The van der Waals surface area contributed by atoms with E-state index in [1.807, 2.05) is 0 Å². The third-order valence-electron chi connectivity index (χ3n) is 0. The molecule has 15 nitrogen and oxygen atoms in total. The van der Waals surface area contributed by atoms with Crippen LogP contribution in [-0.4, -0.2) is 70.9 Å². The Hall–Kier alpha value is -1.30. The molecule has 21 heavy (non-hydrogen) atoms. The standard InChI is InChI=1S/4CH2O3.2H3N.H2O.2Sc/c4*2-1(3)4;;;;;/h4*(H2,2,3,4);2*1H3;1H2;;. The van der Waals surface area contributed by atoms with E-state index in [9.17, 15) is 0 Å². The van der Waals surface area contributed by atoms with Crippen molar-refractivity contribution in [1.82, 2.24) is 12.3 Å². The van der Waals surface area contributed by atoms with E-state index < -0.39 is 24.6 Å². The summed E-state index contributed by atoms with van der Waals surface area (Å²) in [5.74, 6) is 0. The number of carbonyl (C=O) groups is 4. The van der Waals surface area contributed by atoms with Crippen LogP contribution >= 0.6 is 0 Å². The van der Waals surface area contributed by atoms with Crippen LogP contribution in [0, 0.1) is 0 Å².